The fourth-order valence-corrected chi connectivity index (χ4v) is 10.9. The van der Waals surface area contributed by atoms with E-state index in [1.807, 2.05) is 0 Å². The Morgan fingerprint density at radius 3 is 1.48 bits per heavy atom. The Morgan fingerprint density at radius 1 is 0.403 bits per heavy atom. The maximum absolute atomic E-state index is 2.66. The zero-order valence-electron chi connectivity index (χ0n) is 35.3. The van der Waals surface area contributed by atoms with Crippen LogP contribution in [0.5, 0.6) is 0 Å². The lowest BCUT2D eigenvalue weighted by atomic mass is 9.88. The number of para-hydroxylation sites is 1. The van der Waals surface area contributed by atoms with Crippen LogP contribution in [0.25, 0.3) is 59.9 Å². The predicted molar refractivity (Wildman–Crippen MR) is 262 cm³/mol. The van der Waals surface area contributed by atoms with Crippen LogP contribution in [0.3, 0.4) is 0 Å². The Kier molecular flexibility index (Phi) is 7.37. The SMILES string of the molecule is Cc1ccc(N(c2ccc(C)cc2)c2ccc3c4cc5c(cc4n4c3c2C2C=CC=CC24)c2ccc(N(c3ccc(C)cc3)c3ccc(C)cc3)c3c4ccccc4n5c23)cc1. The third-order valence-electron chi connectivity index (χ3n) is 13.8. The summed E-state index contributed by atoms with van der Waals surface area (Å²) >= 11 is 0. The van der Waals surface area contributed by atoms with Crippen LogP contribution in [0.1, 0.15) is 39.8 Å². The van der Waals surface area contributed by atoms with Gasteiger partial charge in [0.15, 0.2) is 0 Å². The summed E-state index contributed by atoms with van der Waals surface area (Å²) in [5.74, 6) is 0.211. The van der Waals surface area contributed by atoms with Crippen molar-refractivity contribution in [3.05, 3.63) is 210 Å². The van der Waals surface area contributed by atoms with Crippen LogP contribution in [0, 0.1) is 27.7 Å². The highest BCUT2D eigenvalue weighted by molar-refractivity contribution is 6.29. The molecule has 0 radical (unpaired) electrons. The molecule has 0 spiro atoms. The standard InChI is InChI=1S/C58H44N4/c1-35-13-21-39(22-14-35)59(40-23-15-36(2)16-24-40)51-31-29-43-47-33-54-48(34-53(47)61-49-11-7-5-9-45(49)55(51)57(43)61)44-30-32-52(56-46-10-6-8-12-50(46)62(54)58(44)56)60(41-25-17-37(3)18-26-41)42-27-19-38(4)20-28-42/h5-34,45,49H,1-4H3. The number of hydrogen-bond acceptors (Lipinski definition) is 2. The molecule has 11 aromatic rings. The summed E-state index contributed by atoms with van der Waals surface area (Å²) in [6.45, 7) is 8.64. The highest BCUT2D eigenvalue weighted by Gasteiger charge is 2.38. The van der Waals surface area contributed by atoms with Gasteiger partial charge in [0, 0.05) is 66.5 Å². The average Bonchev–Trinajstić information content (AvgIpc) is 4.02. The first-order valence-corrected chi connectivity index (χ1v) is 21.8. The van der Waals surface area contributed by atoms with Gasteiger partial charge in [-0.3, -0.25) is 0 Å². The molecular weight excluding hydrogens is 753 g/mol. The first-order chi connectivity index (χ1) is 30.4. The van der Waals surface area contributed by atoms with Gasteiger partial charge >= 0.3 is 0 Å². The first kappa shape index (κ1) is 35.2. The van der Waals surface area contributed by atoms with E-state index in [4.69, 9.17) is 0 Å². The van der Waals surface area contributed by atoms with Crippen LogP contribution in [-0.2, 0) is 0 Å². The van der Waals surface area contributed by atoms with E-state index in [1.165, 1.54) is 110 Å². The van der Waals surface area contributed by atoms with E-state index < -0.39 is 0 Å². The Balaban J connectivity index is 1.10. The number of benzene rings is 8. The smallest absolute Gasteiger partial charge is 0.0641 e. The van der Waals surface area contributed by atoms with Gasteiger partial charge in [0.1, 0.15) is 0 Å². The highest BCUT2D eigenvalue weighted by Crippen LogP contribution is 2.56. The quantitative estimate of drug-likeness (QED) is 0.167. The van der Waals surface area contributed by atoms with E-state index in [2.05, 4.69) is 228 Å². The summed E-state index contributed by atoms with van der Waals surface area (Å²) in [5.41, 5.74) is 19.8. The fourth-order valence-electron chi connectivity index (χ4n) is 10.9. The van der Waals surface area contributed by atoms with E-state index >= 15 is 0 Å². The number of rotatable bonds is 6. The zero-order chi connectivity index (χ0) is 41.4. The molecule has 4 heteroatoms. The topological polar surface area (TPSA) is 15.8 Å². The van der Waals surface area contributed by atoms with E-state index in [9.17, 15) is 0 Å². The third kappa shape index (κ3) is 4.89. The van der Waals surface area contributed by atoms with Crippen molar-refractivity contribution in [2.75, 3.05) is 9.80 Å². The van der Waals surface area contributed by atoms with E-state index in [0.717, 1.165) is 11.4 Å². The van der Waals surface area contributed by atoms with Crippen LogP contribution in [0.4, 0.5) is 34.1 Å². The molecule has 4 heterocycles. The minimum atomic E-state index is 0.174. The monoisotopic (exact) mass is 796 g/mol. The second kappa shape index (κ2) is 13.0. The number of fused-ring (bicyclic) bond motifs is 12. The van der Waals surface area contributed by atoms with Gasteiger partial charge in [-0.2, -0.15) is 0 Å². The molecule has 4 nitrogen and oxygen atoms in total. The second-order valence-electron chi connectivity index (χ2n) is 17.7. The van der Waals surface area contributed by atoms with Gasteiger partial charge in [-0.25, -0.2) is 0 Å². The summed E-state index contributed by atoms with van der Waals surface area (Å²) in [5, 5.41) is 7.70. The molecular formula is C58H44N4. The molecule has 1 aliphatic carbocycles. The molecule has 62 heavy (non-hydrogen) atoms. The van der Waals surface area contributed by atoms with Crippen LogP contribution in [-0.4, -0.2) is 8.97 Å². The number of aryl methyl sites for hydroxylation is 4. The fraction of sp³-hybridized carbons (Fsp3) is 0.103. The van der Waals surface area contributed by atoms with Crippen molar-refractivity contribution in [2.24, 2.45) is 0 Å². The molecule has 0 fully saturated rings. The van der Waals surface area contributed by atoms with Crippen molar-refractivity contribution in [1.29, 1.82) is 0 Å². The van der Waals surface area contributed by atoms with Gasteiger partial charge in [0.2, 0.25) is 0 Å². The summed E-state index contributed by atoms with van der Waals surface area (Å²) in [4.78, 5) is 4.91. The van der Waals surface area contributed by atoms with Gasteiger partial charge in [-0.05, 0) is 107 Å². The normalized spacial score (nSPS) is 15.6. The van der Waals surface area contributed by atoms with Crippen molar-refractivity contribution >= 4 is 94.0 Å². The molecule has 2 atom stereocenters. The minimum Gasteiger partial charge on any atom is -0.332 e. The van der Waals surface area contributed by atoms with Crippen molar-refractivity contribution in [3.8, 4) is 0 Å². The molecule has 2 unspecified atom stereocenters. The maximum Gasteiger partial charge on any atom is 0.0641 e. The van der Waals surface area contributed by atoms with Crippen LogP contribution in [0.2, 0.25) is 0 Å². The lowest BCUT2D eigenvalue weighted by Crippen LogP contribution is -2.14. The second-order valence-corrected chi connectivity index (χ2v) is 17.7. The molecule has 3 aromatic heterocycles. The maximum atomic E-state index is 2.66. The van der Waals surface area contributed by atoms with Gasteiger partial charge in [0.05, 0.1) is 45.0 Å². The van der Waals surface area contributed by atoms with Gasteiger partial charge in [0.25, 0.3) is 0 Å². The van der Waals surface area contributed by atoms with Gasteiger partial charge in [-0.15, -0.1) is 0 Å². The Bertz CT molecular complexity index is 3570. The van der Waals surface area contributed by atoms with Gasteiger partial charge in [-0.1, -0.05) is 125 Å². The van der Waals surface area contributed by atoms with Crippen molar-refractivity contribution in [2.45, 2.75) is 39.7 Å². The highest BCUT2D eigenvalue weighted by atomic mass is 15.2. The molecule has 0 N–H and O–H groups in total. The third-order valence-corrected chi connectivity index (χ3v) is 13.8. The van der Waals surface area contributed by atoms with Crippen molar-refractivity contribution < 1.29 is 0 Å². The summed E-state index contributed by atoms with van der Waals surface area (Å²) in [7, 11) is 0. The lowest BCUT2D eigenvalue weighted by molar-refractivity contribution is 0.615. The molecule has 0 amide bonds. The Labute approximate surface area is 360 Å². The van der Waals surface area contributed by atoms with Crippen LogP contribution < -0.4 is 9.80 Å². The molecule has 1 aliphatic heterocycles. The van der Waals surface area contributed by atoms with Crippen LogP contribution >= 0.6 is 0 Å². The largest absolute Gasteiger partial charge is 0.332 e. The van der Waals surface area contributed by atoms with E-state index in [-0.39, 0.29) is 12.0 Å². The van der Waals surface area contributed by atoms with Gasteiger partial charge < -0.3 is 18.8 Å². The number of aromatic nitrogens is 2. The minimum absolute atomic E-state index is 0.174. The summed E-state index contributed by atoms with van der Waals surface area (Å²) in [6, 6.07) is 59.5. The predicted octanol–water partition coefficient (Wildman–Crippen LogP) is 15.9. The average molecular weight is 797 g/mol. The van der Waals surface area contributed by atoms with Crippen molar-refractivity contribution in [1.82, 2.24) is 8.97 Å². The molecule has 0 saturated carbocycles. The van der Waals surface area contributed by atoms with E-state index in [0.29, 0.717) is 0 Å². The first-order valence-electron chi connectivity index (χ1n) is 21.8. The Hall–Kier alpha value is -7.56. The summed E-state index contributed by atoms with van der Waals surface area (Å²) < 4.78 is 5.21. The number of hydrogen-bond donors (Lipinski definition) is 0. The number of anilines is 6. The Morgan fingerprint density at radius 2 is 0.887 bits per heavy atom. The molecule has 13 rings (SSSR count). The summed E-state index contributed by atoms with van der Waals surface area (Å²) in [6.07, 6.45) is 9.32. The number of allylic oxidation sites excluding steroid dienone is 4. The molecule has 0 saturated heterocycles. The molecule has 2 aliphatic rings. The molecule has 0 bridgehead atoms. The molecule has 296 valence electrons. The lowest BCUT2D eigenvalue weighted by Gasteiger charge is -2.29. The van der Waals surface area contributed by atoms with Crippen LogP contribution in [0.15, 0.2) is 182 Å². The van der Waals surface area contributed by atoms with E-state index in [1.54, 1.807) is 0 Å². The zero-order valence-corrected chi connectivity index (χ0v) is 35.3. The number of nitrogens with zero attached hydrogens (tertiary/aromatic N) is 4. The van der Waals surface area contributed by atoms with Crippen molar-refractivity contribution in [3.63, 3.8) is 0 Å². The molecule has 8 aromatic carbocycles.